The SMILES string of the molecule is Nc1cc2[nH]c(C(=O)c3cnn4c3[nH]c3cc(Oc5cccc(F)c5F)cc(F)c34)cc2cc1F. The standard InChI is InChI=1S/C24H13F4N5O2/c25-13-2-1-3-20(21(13)28)35-11-6-15(27)22-18(7-11)32-24-12(9-30-33(22)24)23(34)19-5-10-4-14(26)16(29)8-17(10)31-19/h1-9,31-32H,29H2. The van der Waals surface area contributed by atoms with Gasteiger partial charge in [0, 0.05) is 23.0 Å². The van der Waals surface area contributed by atoms with E-state index in [4.69, 9.17) is 10.5 Å². The first kappa shape index (κ1) is 20.8. The number of ketones is 1. The number of ether oxygens (including phenoxy) is 1. The van der Waals surface area contributed by atoms with Crippen molar-refractivity contribution in [2.75, 3.05) is 5.73 Å². The normalized spacial score (nSPS) is 11.7. The Morgan fingerprint density at radius 2 is 1.77 bits per heavy atom. The molecule has 3 aromatic heterocycles. The zero-order valence-electron chi connectivity index (χ0n) is 17.5. The van der Waals surface area contributed by atoms with E-state index in [9.17, 15) is 22.4 Å². The van der Waals surface area contributed by atoms with Crippen LogP contribution in [0.25, 0.3) is 27.6 Å². The average Bonchev–Trinajstić information content (AvgIpc) is 3.50. The lowest BCUT2D eigenvalue weighted by molar-refractivity contribution is 0.103. The molecule has 174 valence electrons. The van der Waals surface area contributed by atoms with Gasteiger partial charge in [0.1, 0.15) is 22.7 Å². The number of nitrogens with two attached hydrogens (primary N) is 1. The van der Waals surface area contributed by atoms with E-state index in [1.807, 2.05) is 0 Å². The highest BCUT2D eigenvalue weighted by molar-refractivity contribution is 6.14. The second-order valence-corrected chi connectivity index (χ2v) is 7.87. The van der Waals surface area contributed by atoms with E-state index in [2.05, 4.69) is 15.1 Å². The van der Waals surface area contributed by atoms with Crippen molar-refractivity contribution in [2.45, 2.75) is 0 Å². The number of carbonyl (C=O) groups excluding carboxylic acids is 1. The Bertz CT molecular complexity index is 1780. The van der Waals surface area contributed by atoms with Crippen LogP contribution in [-0.2, 0) is 0 Å². The number of nitrogens with zero attached hydrogens (tertiary/aromatic N) is 2. The highest BCUT2D eigenvalue weighted by Crippen LogP contribution is 2.32. The maximum Gasteiger partial charge on any atom is 0.214 e. The van der Waals surface area contributed by atoms with Crippen LogP contribution in [0.3, 0.4) is 0 Å². The minimum atomic E-state index is -1.21. The molecule has 0 amide bonds. The van der Waals surface area contributed by atoms with Crippen molar-refractivity contribution in [1.82, 2.24) is 19.6 Å². The van der Waals surface area contributed by atoms with Gasteiger partial charge in [-0.15, -0.1) is 0 Å². The number of benzene rings is 3. The van der Waals surface area contributed by atoms with E-state index in [0.29, 0.717) is 10.9 Å². The van der Waals surface area contributed by atoms with Gasteiger partial charge in [-0.2, -0.15) is 9.49 Å². The van der Waals surface area contributed by atoms with Crippen molar-refractivity contribution in [3.8, 4) is 11.5 Å². The van der Waals surface area contributed by atoms with E-state index in [0.717, 1.165) is 12.1 Å². The molecule has 7 nitrogen and oxygen atoms in total. The highest BCUT2D eigenvalue weighted by atomic mass is 19.2. The monoisotopic (exact) mass is 479 g/mol. The number of halogens is 4. The first-order valence-corrected chi connectivity index (χ1v) is 10.2. The number of aromatic nitrogens is 4. The number of carbonyl (C=O) groups is 1. The molecule has 6 aromatic rings. The maximum atomic E-state index is 15.0. The molecule has 0 fully saturated rings. The van der Waals surface area contributed by atoms with Gasteiger partial charge in [0.15, 0.2) is 17.4 Å². The Balaban J connectivity index is 1.42. The van der Waals surface area contributed by atoms with Crippen LogP contribution >= 0.6 is 0 Å². The Morgan fingerprint density at radius 3 is 2.60 bits per heavy atom. The molecule has 0 saturated heterocycles. The van der Waals surface area contributed by atoms with Gasteiger partial charge in [-0.25, -0.2) is 17.7 Å². The molecule has 35 heavy (non-hydrogen) atoms. The molecule has 3 aromatic carbocycles. The molecule has 0 bridgehead atoms. The van der Waals surface area contributed by atoms with Crippen molar-refractivity contribution in [3.63, 3.8) is 0 Å². The number of aromatic amines is 2. The summed E-state index contributed by atoms with van der Waals surface area (Å²) in [5.74, 6) is -4.65. The van der Waals surface area contributed by atoms with Crippen LogP contribution in [0.2, 0.25) is 0 Å². The summed E-state index contributed by atoms with van der Waals surface area (Å²) in [5.41, 5.74) is 6.72. The Kier molecular flexibility index (Phi) is 4.37. The molecule has 6 rings (SSSR count). The third kappa shape index (κ3) is 3.20. The summed E-state index contributed by atoms with van der Waals surface area (Å²) in [4.78, 5) is 19.0. The summed E-state index contributed by atoms with van der Waals surface area (Å²) in [6, 6.07) is 9.85. The molecule has 0 saturated carbocycles. The number of hydrogen-bond donors (Lipinski definition) is 3. The zero-order chi connectivity index (χ0) is 24.4. The molecular formula is C24H13F4N5O2. The first-order chi connectivity index (χ1) is 16.8. The number of H-pyrrole nitrogens is 2. The second-order valence-electron chi connectivity index (χ2n) is 7.87. The first-order valence-electron chi connectivity index (χ1n) is 10.2. The number of rotatable bonds is 4. The van der Waals surface area contributed by atoms with E-state index < -0.39 is 34.8 Å². The molecule has 3 heterocycles. The second kappa shape index (κ2) is 7.35. The van der Waals surface area contributed by atoms with Gasteiger partial charge < -0.3 is 20.4 Å². The van der Waals surface area contributed by atoms with Crippen LogP contribution in [0.4, 0.5) is 23.2 Å². The third-order valence-corrected chi connectivity index (χ3v) is 5.64. The fraction of sp³-hybridized carbons (Fsp3) is 0. The molecule has 0 radical (unpaired) electrons. The van der Waals surface area contributed by atoms with Crippen LogP contribution < -0.4 is 10.5 Å². The summed E-state index contributed by atoms with van der Waals surface area (Å²) < 4.78 is 62.7. The molecule has 4 N–H and O–H groups in total. The molecule has 0 atom stereocenters. The van der Waals surface area contributed by atoms with E-state index in [1.165, 1.54) is 47.1 Å². The number of fused-ring (bicyclic) bond motifs is 4. The lowest BCUT2D eigenvalue weighted by Crippen LogP contribution is -2.01. The summed E-state index contributed by atoms with van der Waals surface area (Å²) in [6.45, 7) is 0. The molecule has 0 aliphatic carbocycles. The Morgan fingerprint density at radius 1 is 0.943 bits per heavy atom. The number of nitrogen functional groups attached to an aromatic ring is 1. The molecule has 0 spiro atoms. The summed E-state index contributed by atoms with van der Waals surface area (Å²) in [6.07, 6.45) is 1.28. The summed E-state index contributed by atoms with van der Waals surface area (Å²) >= 11 is 0. The quantitative estimate of drug-likeness (QED) is 0.178. The van der Waals surface area contributed by atoms with Crippen LogP contribution in [0, 0.1) is 23.3 Å². The summed E-state index contributed by atoms with van der Waals surface area (Å²) in [7, 11) is 0. The summed E-state index contributed by atoms with van der Waals surface area (Å²) in [5, 5.41) is 4.57. The van der Waals surface area contributed by atoms with Crippen molar-refractivity contribution in [3.05, 3.63) is 89.3 Å². The van der Waals surface area contributed by atoms with Crippen LogP contribution in [0.15, 0.2) is 54.7 Å². The predicted molar refractivity (Wildman–Crippen MR) is 120 cm³/mol. The van der Waals surface area contributed by atoms with Gasteiger partial charge in [-0.3, -0.25) is 4.79 Å². The van der Waals surface area contributed by atoms with Crippen molar-refractivity contribution in [1.29, 1.82) is 0 Å². The van der Waals surface area contributed by atoms with Gasteiger partial charge in [0.2, 0.25) is 11.6 Å². The van der Waals surface area contributed by atoms with E-state index in [-0.39, 0.29) is 39.4 Å². The number of hydrogen-bond acceptors (Lipinski definition) is 4. The lowest BCUT2D eigenvalue weighted by atomic mass is 10.1. The maximum absolute atomic E-state index is 15.0. The fourth-order valence-corrected chi connectivity index (χ4v) is 4.00. The minimum Gasteiger partial charge on any atom is -0.454 e. The lowest BCUT2D eigenvalue weighted by Gasteiger charge is -2.07. The molecule has 0 unspecified atom stereocenters. The smallest absolute Gasteiger partial charge is 0.214 e. The fourth-order valence-electron chi connectivity index (χ4n) is 4.00. The average molecular weight is 479 g/mol. The molecule has 11 heteroatoms. The molecular weight excluding hydrogens is 466 g/mol. The van der Waals surface area contributed by atoms with Crippen LogP contribution in [0.1, 0.15) is 16.1 Å². The molecule has 0 aliphatic heterocycles. The van der Waals surface area contributed by atoms with Crippen molar-refractivity contribution >= 4 is 39.1 Å². The zero-order valence-corrected chi connectivity index (χ0v) is 17.5. The van der Waals surface area contributed by atoms with Crippen molar-refractivity contribution < 1.29 is 27.1 Å². The van der Waals surface area contributed by atoms with Gasteiger partial charge in [0.05, 0.1) is 28.7 Å². The van der Waals surface area contributed by atoms with Gasteiger partial charge in [0.25, 0.3) is 0 Å². The third-order valence-electron chi connectivity index (χ3n) is 5.64. The van der Waals surface area contributed by atoms with Crippen molar-refractivity contribution in [2.24, 2.45) is 0 Å². The molecule has 0 aliphatic rings. The topological polar surface area (TPSA) is 101 Å². The van der Waals surface area contributed by atoms with E-state index in [1.54, 1.807) is 0 Å². The van der Waals surface area contributed by atoms with Gasteiger partial charge >= 0.3 is 0 Å². The predicted octanol–water partition coefficient (Wildman–Crippen LogP) is 5.46. The number of imidazole rings is 1. The largest absolute Gasteiger partial charge is 0.454 e. The highest BCUT2D eigenvalue weighted by Gasteiger charge is 2.22. The van der Waals surface area contributed by atoms with Crippen LogP contribution in [0.5, 0.6) is 11.5 Å². The Hall–Kier alpha value is -4.80. The van der Waals surface area contributed by atoms with Gasteiger partial charge in [-0.1, -0.05) is 6.07 Å². The van der Waals surface area contributed by atoms with E-state index >= 15 is 0 Å². The van der Waals surface area contributed by atoms with Gasteiger partial charge in [-0.05, 0) is 30.3 Å². The van der Waals surface area contributed by atoms with Crippen LogP contribution in [-0.4, -0.2) is 25.4 Å². The minimum absolute atomic E-state index is 0.0256. The number of nitrogens with one attached hydrogen (secondary N) is 2. The number of anilines is 1. The Labute approximate surface area is 192 Å².